The van der Waals surface area contributed by atoms with Crippen LogP contribution in [0.15, 0.2) is 18.2 Å². The number of benzene rings is 1. The number of rotatable bonds is 3. The number of carbonyl (C=O) groups is 1. The van der Waals surface area contributed by atoms with Gasteiger partial charge in [-0.1, -0.05) is 37.9 Å². The van der Waals surface area contributed by atoms with Gasteiger partial charge in [0, 0.05) is 3.57 Å². The summed E-state index contributed by atoms with van der Waals surface area (Å²) < 4.78 is 13.7. The fraction of sp³-hybridized carbons (Fsp3) is 0.467. The minimum atomic E-state index is -0.611. The number of thiocarbonyl (C=S) groups is 1. The molecule has 0 radical (unpaired) electrons. The number of nitrogens with two attached hydrogens (primary N) is 1. The van der Waals surface area contributed by atoms with E-state index in [1.165, 1.54) is 18.2 Å². The van der Waals surface area contributed by atoms with E-state index in [2.05, 4.69) is 5.32 Å². The minimum absolute atomic E-state index is 0.242. The molecular formula is C15H18FIN2OS. The molecule has 1 aromatic rings. The third kappa shape index (κ3) is 3.91. The Morgan fingerprint density at radius 3 is 2.43 bits per heavy atom. The average Bonchev–Trinajstić information content (AvgIpc) is 2.65. The minimum Gasteiger partial charge on any atom is -0.391 e. The van der Waals surface area contributed by atoms with Gasteiger partial charge in [-0.05, 0) is 53.6 Å². The van der Waals surface area contributed by atoms with Crippen LogP contribution in [-0.2, 0) is 0 Å². The average molecular weight is 420 g/mol. The second-order valence-electron chi connectivity index (χ2n) is 5.44. The number of nitrogens with one attached hydrogen (secondary N) is 1. The molecule has 1 aliphatic rings. The molecule has 0 bridgehead atoms. The molecule has 3 nitrogen and oxygen atoms in total. The van der Waals surface area contributed by atoms with Gasteiger partial charge in [0.25, 0.3) is 5.91 Å². The van der Waals surface area contributed by atoms with Crippen LogP contribution >= 0.6 is 34.8 Å². The van der Waals surface area contributed by atoms with Crippen LogP contribution in [0, 0.1) is 9.39 Å². The van der Waals surface area contributed by atoms with E-state index in [0.717, 1.165) is 38.5 Å². The summed E-state index contributed by atoms with van der Waals surface area (Å²) in [6.07, 6.45) is 5.80. The third-order valence-corrected chi connectivity index (χ3v) is 5.24. The summed E-state index contributed by atoms with van der Waals surface area (Å²) in [5.41, 5.74) is 5.76. The van der Waals surface area contributed by atoms with Crippen molar-refractivity contribution in [2.24, 2.45) is 5.73 Å². The molecule has 1 aromatic carbocycles. The summed E-state index contributed by atoms with van der Waals surface area (Å²) in [4.78, 5) is 12.9. The Morgan fingerprint density at radius 1 is 1.29 bits per heavy atom. The molecule has 0 saturated heterocycles. The van der Waals surface area contributed by atoms with Gasteiger partial charge in [-0.2, -0.15) is 0 Å². The Bertz CT molecular complexity index is 557. The Labute approximate surface area is 143 Å². The van der Waals surface area contributed by atoms with E-state index in [1.54, 1.807) is 0 Å². The second-order valence-corrected chi connectivity index (χ2v) is 7.04. The van der Waals surface area contributed by atoms with Gasteiger partial charge in [0.05, 0.1) is 16.1 Å². The fourth-order valence-corrected chi connectivity index (χ4v) is 3.70. The molecule has 1 saturated carbocycles. The van der Waals surface area contributed by atoms with Crippen molar-refractivity contribution in [3.63, 3.8) is 0 Å². The maximum atomic E-state index is 13.1. The van der Waals surface area contributed by atoms with E-state index < -0.39 is 5.54 Å². The molecule has 3 N–H and O–H groups in total. The highest BCUT2D eigenvalue weighted by Gasteiger charge is 2.36. The van der Waals surface area contributed by atoms with Gasteiger partial charge in [-0.15, -0.1) is 0 Å². The van der Waals surface area contributed by atoms with Gasteiger partial charge >= 0.3 is 0 Å². The molecule has 0 unspecified atom stereocenters. The van der Waals surface area contributed by atoms with Crippen LogP contribution in [0.25, 0.3) is 0 Å². The molecule has 6 heteroatoms. The lowest BCUT2D eigenvalue weighted by Gasteiger charge is -2.33. The van der Waals surface area contributed by atoms with Gasteiger partial charge in [-0.3, -0.25) is 4.79 Å². The van der Waals surface area contributed by atoms with Gasteiger partial charge in [0.1, 0.15) is 5.82 Å². The molecule has 1 fully saturated rings. The summed E-state index contributed by atoms with van der Waals surface area (Å²) in [5.74, 6) is -0.594. The van der Waals surface area contributed by atoms with Crippen LogP contribution in [0.3, 0.4) is 0 Å². The van der Waals surface area contributed by atoms with Gasteiger partial charge in [0.2, 0.25) is 0 Å². The van der Waals surface area contributed by atoms with Crippen LogP contribution < -0.4 is 11.1 Å². The predicted octanol–water partition coefficient (Wildman–Crippen LogP) is 3.54. The predicted molar refractivity (Wildman–Crippen MR) is 93.8 cm³/mol. The Balaban J connectivity index is 2.24. The third-order valence-electron chi connectivity index (χ3n) is 3.96. The quantitative estimate of drug-likeness (QED) is 0.447. The molecule has 0 aromatic heterocycles. The molecule has 0 spiro atoms. The lowest BCUT2D eigenvalue weighted by molar-refractivity contribution is 0.0916. The molecule has 2 rings (SSSR count). The highest BCUT2D eigenvalue weighted by atomic mass is 127. The zero-order valence-electron chi connectivity index (χ0n) is 11.6. The zero-order valence-corrected chi connectivity index (χ0v) is 14.6. The first kappa shape index (κ1) is 16.6. The second kappa shape index (κ2) is 7.00. The van der Waals surface area contributed by atoms with Crippen molar-refractivity contribution in [3.05, 3.63) is 33.1 Å². The Kier molecular flexibility index (Phi) is 5.54. The first-order chi connectivity index (χ1) is 9.94. The largest absolute Gasteiger partial charge is 0.391 e. The van der Waals surface area contributed by atoms with Crippen LogP contribution in [0.4, 0.5) is 4.39 Å². The highest BCUT2D eigenvalue weighted by molar-refractivity contribution is 14.1. The topological polar surface area (TPSA) is 55.1 Å². The van der Waals surface area contributed by atoms with Gasteiger partial charge in [0.15, 0.2) is 0 Å². The number of halogens is 2. The molecule has 1 amide bonds. The molecule has 114 valence electrons. The summed E-state index contributed by atoms with van der Waals surface area (Å²) >= 11 is 7.17. The number of hydrogen-bond acceptors (Lipinski definition) is 2. The van der Waals surface area contributed by atoms with Crippen LogP contribution in [0.2, 0.25) is 0 Å². The SMILES string of the molecule is NC(=S)C1(NC(=O)c2ccc(F)cc2I)CCCCCC1. The van der Waals surface area contributed by atoms with E-state index in [4.69, 9.17) is 18.0 Å². The normalized spacial score (nSPS) is 17.8. The lowest BCUT2D eigenvalue weighted by atomic mass is 9.89. The van der Waals surface area contributed by atoms with E-state index in [0.29, 0.717) is 14.1 Å². The maximum Gasteiger partial charge on any atom is 0.253 e. The lowest BCUT2D eigenvalue weighted by Crippen LogP contribution is -2.56. The summed E-state index contributed by atoms with van der Waals surface area (Å²) in [6, 6.07) is 4.13. The summed E-state index contributed by atoms with van der Waals surface area (Å²) in [6.45, 7) is 0. The number of hydrogen-bond donors (Lipinski definition) is 2. The smallest absolute Gasteiger partial charge is 0.253 e. The van der Waals surface area contributed by atoms with Crippen molar-refractivity contribution in [2.75, 3.05) is 0 Å². The van der Waals surface area contributed by atoms with E-state index in [9.17, 15) is 9.18 Å². The summed E-state index contributed by atoms with van der Waals surface area (Å²) in [7, 11) is 0. The van der Waals surface area contributed by atoms with Crippen molar-refractivity contribution >= 4 is 45.7 Å². The Morgan fingerprint density at radius 2 is 1.90 bits per heavy atom. The molecule has 0 heterocycles. The maximum absolute atomic E-state index is 13.1. The highest BCUT2D eigenvalue weighted by Crippen LogP contribution is 2.28. The molecule has 0 aliphatic heterocycles. The monoisotopic (exact) mass is 420 g/mol. The van der Waals surface area contributed by atoms with Crippen molar-refractivity contribution in [1.82, 2.24) is 5.32 Å². The van der Waals surface area contributed by atoms with Crippen molar-refractivity contribution in [3.8, 4) is 0 Å². The van der Waals surface area contributed by atoms with Crippen molar-refractivity contribution in [2.45, 2.75) is 44.1 Å². The first-order valence-electron chi connectivity index (χ1n) is 7.02. The number of carbonyl (C=O) groups excluding carboxylic acids is 1. The number of amides is 1. The van der Waals surface area contributed by atoms with E-state index in [1.807, 2.05) is 22.6 Å². The van der Waals surface area contributed by atoms with Crippen LogP contribution in [0.5, 0.6) is 0 Å². The van der Waals surface area contributed by atoms with E-state index >= 15 is 0 Å². The van der Waals surface area contributed by atoms with Crippen molar-refractivity contribution in [1.29, 1.82) is 0 Å². The summed E-state index contributed by atoms with van der Waals surface area (Å²) in [5, 5.41) is 3.02. The molecular weight excluding hydrogens is 402 g/mol. The zero-order chi connectivity index (χ0) is 15.5. The van der Waals surface area contributed by atoms with Crippen LogP contribution in [-0.4, -0.2) is 16.4 Å². The van der Waals surface area contributed by atoms with Crippen molar-refractivity contribution < 1.29 is 9.18 Å². The molecule has 0 atom stereocenters. The van der Waals surface area contributed by atoms with Crippen LogP contribution in [0.1, 0.15) is 48.9 Å². The Hall–Kier alpha value is -0.760. The van der Waals surface area contributed by atoms with Gasteiger partial charge < -0.3 is 11.1 Å². The molecule has 21 heavy (non-hydrogen) atoms. The first-order valence-corrected chi connectivity index (χ1v) is 8.51. The molecule has 1 aliphatic carbocycles. The standard InChI is InChI=1S/C15H18FIN2OS/c16-10-5-6-11(12(17)9-10)13(20)19-15(14(18)21)7-3-1-2-4-8-15/h5-6,9H,1-4,7-8H2,(H2,18,21)(H,19,20). The van der Waals surface area contributed by atoms with E-state index in [-0.39, 0.29) is 11.7 Å². The fourth-order valence-electron chi connectivity index (χ4n) is 2.72. The van der Waals surface area contributed by atoms with Gasteiger partial charge in [-0.25, -0.2) is 4.39 Å².